The van der Waals surface area contributed by atoms with Crippen LogP contribution in [0.2, 0.25) is 0 Å². The molecule has 100 valence electrons. The number of hydrogen-bond acceptors (Lipinski definition) is 5. The van der Waals surface area contributed by atoms with Gasteiger partial charge in [-0.2, -0.15) is 4.98 Å². The van der Waals surface area contributed by atoms with Crippen LogP contribution in [0.5, 0.6) is 5.75 Å². The smallest absolute Gasteiger partial charge is 0.258 e. The molecule has 2 aromatic rings. The third-order valence-corrected chi connectivity index (χ3v) is 3.60. The number of nitrogens with zero attached hydrogens (tertiary/aromatic N) is 2. The first-order valence-corrected chi connectivity index (χ1v) is 6.42. The van der Waals surface area contributed by atoms with Gasteiger partial charge in [0.15, 0.2) is 0 Å². The van der Waals surface area contributed by atoms with E-state index in [2.05, 4.69) is 10.1 Å². The molecule has 5 nitrogen and oxygen atoms in total. The molecule has 19 heavy (non-hydrogen) atoms. The Bertz CT molecular complexity index is 556. The minimum Gasteiger partial charge on any atom is -0.497 e. The SMILES string of the molecule is COc1ccc(-c2noc(C3(O)CCCC3)n2)cc1. The van der Waals surface area contributed by atoms with Crippen molar-refractivity contribution in [1.82, 2.24) is 10.1 Å². The van der Waals surface area contributed by atoms with Crippen LogP contribution >= 0.6 is 0 Å². The zero-order valence-corrected chi connectivity index (χ0v) is 10.8. The number of aromatic nitrogens is 2. The van der Waals surface area contributed by atoms with Crippen LogP contribution in [0.3, 0.4) is 0 Å². The molecule has 1 aliphatic rings. The molecule has 0 spiro atoms. The Hall–Kier alpha value is -1.88. The molecule has 1 fully saturated rings. The fourth-order valence-corrected chi connectivity index (χ4v) is 2.44. The zero-order chi connectivity index (χ0) is 13.3. The Labute approximate surface area is 111 Å². The highest BCUT2D eigenvalue weighted by Gasteiger charge is 2.38. The summed E-state index contributed by atoms with van der Waals surface area (Å²) in [6, 6.07) is 7.42. The molecule has 1 aromatic carbocycles. The summed E-state index contributed by atoms with van der Waals surface area (Å²) in [5.74, 6) is 1.61. The third-order valence-electron chi connectivity index (χ3n) is 3.60. The minimum absolute atomic E-state index is 0.329. The Morgan fingerprint density at radius 1 is 1.21 bits per heavy atom. The fraction of sp³-hybridized carbons (Fsp3) is 0.429. The van der Waals surface area contributed by atoms with Gasteiger partial charge in [-0.3, -0.25) is 0 Å². The van der Waals surface area contributed by atoms with Crippen molar-refractivity contribution in [2.75, 3.05) is 7.11 Å². The predicted molar refractivity (Wildman–Crippen MR) is 68.7 cm³/mol. The first kappa shape index (κ1) is 12.2. The van der Waals surface area contributed by atoms with Crippen molar-refractivity contribution in [2.45, 2.75) is 31.3 Å². The molecule has 0 bridgehead atoms. The van der Waals surface area contributed by atoms with Gasteiger partial charge < -0.3 is 14.4 Å². The summed E-state index contributed by atoms with van der Waals surface area (Å²) in [4.78, 5) is 4.32. The summed E-state index contributed by atoms with van der Waals surface area (Å²) in [5.41, 5.74) is -0.0880. The molecule has 0 amide bonds. The van der Waals surface area contributed by atoms with Gasteiger partial charge in [0.1, 0.15) is 11.4 Å². The van der Waals surface area contributed by atoms with Crippen molar-refractivity contribution < 1.29 is 14.4 Å². The first-order chi connectivity index (χ1) is 9.21. The lowest BCUT2D eigenvalue weighted by atomic mass is 10.0. The van der Waals surface area contributed by atoms with Gasteiger partial charge in [-0.15, -0.1) is 0 Å². The molecule has 1 heterocycles. The molecule has 0 atom stereocenters. The zero-order valence-electron chi connectivity index (χ0n) is 10.8. The van der Waals surface area contributed by atoms with Gasteiger partial charge in [0.25, 0.3) is 5.89 Å². The highest BCUT2D eigenvalue weighted by Crippen LogP contribution is 2.38. The van der Waals surface area contributed by atoms with E-state index in [0.717, 1.165) is 24.2 Å². The largest absolute Gasteiger partial charge is 0.497 e. The van der Waals surface area contributed by atoms with Crippen LogP contribution in [0, 0.1) is 0 Å². The van der Waals surface area contributed by atoms with E-state index in [1.807, 2.05) is 24.3 Å². The Morgan fingerprint density at radius 3 is 2.53 bits per heavy atom. The van der Waals surface area contributed by atoms with Crippen LogP contribution in [-0.2, 0) is 5.60 Å². The lowest BCUT2D eigenvalue weighted by Crippen LogP contribution is -2.21. The molecule has 0 unspecified atom stereocenters. The van der Waals surface area contributed by atoms with Crippen molar-refractivity contribution >= 4 is 0 Å². The van der Waals surface area contributed by atoms with Gasteiger partial charge in [-0.1, -0.05) is 5.16 Å². The molecule has 1 N–H and O–H groups in total. The molecule has 5 heteroatoms. The molecule has 0 radical (unpaired) electrons. The van der Waals surface area contributed by atoms with Gasteiger partial charge in [-0.05, 0) is 49.9 Å². The molecule has 1 saturated carbocycles. The van der Waals surface area contributed by atoms with E-state index in [9.17, 15) is 5.11 Å². The number of aliphatic hydroxyl groups is 1. The van der Waals surface area contributed by atoms with Crippen LogP contribution in [0.25, 0.3) is 11.4 Å². The summed E-state index contributed by atoms with van der Waals surface area (Å²) < 4.78 is 10.3. The van der Waals surface area contributed by atoms with E-state index in [1.54, 1.807) is 7.11 Å². The normalized spacial score (nSPS) is 17.6. The van der Waals surface area contributed by atoms with Crippen LogP contribution < -0.4 is 4.74 Å². The Morgan fingerprint density at radius 2 is 1.89 bits per heavy atom. The Kier molecular flexibility index (Phi) is 2.98. The topological polar surface area (TPSA) is 68.4 Å². The molecule has 1 aliphatic carbocycles. The van der Waals surface area contributed by atoms with Gasteiger partial charge in [0.2, 0.25) is 5.82 Å². The standard InChI is InChI=1S/C14H16N2O3/c1-18-11-6-4-10(5-7-11)12-15-13(19-16-12)14(17)8-2-3-9-14/h4-7,17H,2-3,8-9H2,1H3. The van der Waals surface area contributed by atoms with Gasteiger partial charge in [0.05, 0.1) is 7.11 Å². The molecular formula is C14H16N2O3. The summed E-state index contributed by atoms with van der Waals surface area (Å²) in [6.07, 6.45) is 3.38. The second-order valence-corrected chi connectivity index (χ2v) is 4.89. The number of rotatable bonds is 3. The average Bonchev–Trinajstić information content (AvgIpc) is 3.08. The maximum atomic E-state index is 10.4. The van der Waals surface area contributed by atoms with Crippen LogP contribution in [-0.4, -0.2) is 22.4 Å². The minimum atomic E-state index is -0.933. The van der Waals surface area contributed by atoms with Gasteiger partial charge in [-0.25, -0.2) is 0 Å². The number of ether oxygens (including phenoxy) is 1. The van der Waals surface area contributed by atoms with Crippen molar-refractivity contribution in [2.24, 2.45) is 0 Å². The maximum absolute atomic E-state index is 10.4. The van der Waals surface area contributed by atoms with Crippen molar-refractivity contribution in [3.8, 4) is 17.1 Å². The fourth-order valence-electron chi connectivity index (χ4n) is 2.44. The summed E-state index contributed by atoms with van der Waals surface area (Å²) in [6.45, 7) is 0. The van der Waals surface area contributed by atoms with Gasteiger partial charge in [0, 0.05) is 5.56 Å². The lowest BCUT2D eigenvalue weighted by molar-refractivity contribution is 0.0112. The highest BCUT2D eigenvalue weighted by atomic mass is 16.5. The van der Waals surface area contributed by atoms with E-state index in [1.165, 1.54) is 0 Å². The average molecular weight is 260 g/mol. The lowest BCUT2D eigenvalue weighted by Gasteiger charge is -2.15. The summed E-state index contributed by atoms with van der Waals surface area (Å²) in [7, 11) is 1.62. The van der Waals surface area contributed by atoms with Gasteiger partial charge >= 0.3 is 0 Å². The van der Waals surface area contributed by atoms with Crippen LogP contribution in [0.1, 0.15) is 31.6 Å². The number of benzene rings is 1. The summed E-state index contributed by atoms with van der Waals surface area (Å²) in [5, 5.41) is 14.3. The predicted octanol–water partition coefficient (Wildman–Crippen LogP) is 2.51. The van der Waals surface area contributed by atoms with Crippen LogP contribution in [0.4, 0.5) is 0 Å². The molecular weight excluding hydrogens is 244 g/mol. The third kappa shape index (κ3) is 2.21. The van der Waals surface area contributed by atoms with E-state index < -0.39 is 5.60 Å². The maximum Gasteiger partial charge on any atom is 0.258 e. The highest BCUT2D eigenvalue weighted by molar-refractivity contribution is 5.55. The van der Waals surface area contributed by atoms with Crippen molar-refractivity contribution in [1.29, 1.82) is 0 Å². The van der Waals surface area contributed by atoms with E-state index in [0.29, 0.717) is 24.6 Å². The monoisotopic (exact) mass is 260 g/mol. The van der Waals surface area contributed by atoms with E-state index in [4.69, 9.17) is 9.26 Å². The number of hydrogen-bond donors (Lipinski definition) is 1. The number of methoxy groups -OCH3 is 1. The second-order valence-electron chi connectivity index (χ2n) is 4.89. The van der Waals surface area contributed by atoms with Crippen molar-refractivity contribution in [3.63, 3.8) is 0 Å². The van der Waals surface area contributed by atoms with Crippen molar-refractivity contribution in [3.05, 3.63) is 30.2 Å². The second kappa shape index (κ2) is 4.66. The Balaban J connectivity index is 1.87. The summed E-state index contributed by atoms with van der Waals surface area (Å²) >= 11 is 0. The molecule has 3 rings (SSSR count). The van der Waals surface area contributed by atoms with Crippen LogP contribution in [0.15, 0.2) is 28.8 Å². The van der Waals surface area contributed by atoms with E-state index >= 15 is 0 Å². The quantitative estimate of drug-likeness (QED) is 0.918. The molecule has 0 aliphatic heterocycles. The molecule has 0 saturated heterocycles. The van der Waals surface area contributed by atoms with E-state index in [-0.39, 0.29) is 0 Å². The first-order valence-electron chi connectivity index (χ1n) is 6.42. The molecule has 1 aromatic heterocycles.